The predicted octanol–water partition coefficient (Wildman–Crippen LogP) is 3.90. The molecule has 1 fully saturated rings. The van der Waals surface area contributed by atoms with Crippen molar-refractivity contribution in [1.29, 1.82) is 0 Å². The van der Waals surface area contributed by atoms with E-state index in [2.05, 4.69) is 37.7 Å². The van der Waals surface area contributed by atoms with Gasteiger partial charge in [0.05, 0.1) is 25.4 Å². The van der Waals surface area contributed by atoms with Gasteiger partial charge in [-0.3, -0.25) is 0 Å². The molecule has 0 amide bonds. The third-order valence-electron chi connectivity index (χ3n) is 3.71. The Labute approximate surface area is 146 Å². The van der Waals surface area contributed by atoms with Gasteiger partial charge < -0.3 is 19.3 Å². The summed E-state index contributed by atoms with van der Waals surface area (Å²) in [5.41, 5.74) is 0. The molecule has 0 aromatic rings. The number of nitrogens with zero attached hydrogens (tertiary/aromatic N) is 2. The van der Waals surface area contributed by atoms with Gasteiger partial charge in [-0.2, -0.15) is 0 Å². The molecule has 1 aliphatic rings. The molecule has 23 heavy (non-hydrogen) atoms. The highest BCUT2D eigenvalue weighted by molar-refractivity contribution is 4.77. The van der Waals surface area contributed by atoms with Gasteiger partial charge in [-0.25, -0.2) is 0 Å². The Balaban J connectivity index is 0. The molecule has 1 heterocycles. The second-order valence-electron chi connectivity index (χ2n) is 5.71. The van der Waals surface area contributed by atoms with Gasteiger partial charge in [-0.05, 0) is 39.9 Å². The summed E-state index contributed by atoms with van der Waals surface area (Å²) >= 11 is 0. The van der Waals surface area contributed by atoms with Crippen LogP contribution in [0, 0.1) is 0 Å². The number of ether oxygens (including phenoxy) is 2. The first kappa shape index (κ1) is 25.1. The number of rotatable bonds is 11. The van der Waals surface area contributed by atoms with Crippen molar-refractivity contribution in [1.82, 2.24) is 9.80 Å². The van der Waals surface area contributed by atoms with Crippen molar-refractivity contribution in [2.75, 3.05) is 53.5 Å². The van der Waals surface area contributed by atoms with E-state index in [0.29, 0.717) is 12.2 Å². The second-order valence-corrected chi connectivity index (χ2v) is 5.71. The summed E-state index contributed by atoms with van der Waals surface area (Å²) in [4.78, 5) is 4.65. The first-order chi connectivity index (χ1) is 11.2. The smallest absolute Gasteiger partial charge is 0.0829 e. The molecule has 4 heteroatoms. The third kappa shape index (κ3) is 13.9. The van der Waals surface area contributed by atoms with Gasteiger partial charge in [0.25, 0.3) is 0 Å². The maximum atomic E-state index is 5.90. The molecular weight excluding hydrogens is 288 g/mol. The standard InChI is InChI=1S/C15H32N2O2.2C2H6/c1-5-8-16(3)9-7-14(6-2)18-10-11-19-15-12-17(4)13-15;2*1-2/h14-15H,5-13H2,1-4H3;2*1-2H3. The van der Waals surface area contributed by atoms with Crippen molar-refractivity contribution in [2.45, 2.75) is 73.0 Å². The molecule has 4 nitrogen and oxygen atoms in total. The van der Waals surface area contributed by atoms with E-state index in [1.54, 1.807) is 0 Å². The summed E-state index contributed by atoms with van der Waals surface area (Å²) in [5, 5.41) is 0. The van der Waals surface area contributed by atoms with Gasteiger partial charge in [-0.1, -0.05) is 41.5 Å². The van der Waals surface area contributed by atoms with Crippen LogP contribution in [0.2, 0.25) is 0 Å². The highest BCUT2D eigenvalue weighted by Crippen LogP contribution is 2.09. The lowest BCUT2D eigenvalue weighted by Gasteiger charge is -2.35. The fraction of sp³-hybridized carbons (Fsp3) is 1.00. The average molecular weight is 333 g/mol. The maximum absolute atomic E-state index is 5.90. The van der Waals surface area contributed by atoms with Crippen LogP contribution in [0.3, 0.4) is 0 Å². The lowest BCUT2D eigenvalue weighted by molar-refractivity contribution is -0.0734. The highest BCUT2D eigenvalue weighted by Gasteiger charge is 2.23. The van der Waals surface area contributed by atoms with Crippen LogP contribution in [0.25, 0.3) is 0 Å². The lowest BCUT2D eigenvalue weighted by atomic mass is 10.2. The lowest BCUT2D eigenvalue weighted by Crippen LogP contribution is -2.49. The Kier molecular flexibility index (Phi) is 19.8. The Bertz CT molecular complexity index is 221. The van der Waals surface area contributed by atoms with Crippen molar-refractivity contribution >= 4 is 0 Å². The van der Waals surface area contributed by atoms with E-state index in [1.807, 2.05) is 27.7 Å². The van der Waals surface area contributed by atoms with Crippen LogP contribution < -0.4 is 0 Å². The SMILES string of the molecule is CC.CC.CCCN(C)CCC(CC)OCCOC1CN(C)C1. The summed E-state index contributed by atoms with van der Waals surface area (Å²) in [6, 6.07) is 0. The van der Waals surface area contributed by atoms with Gasteiger partial charge in [0.1, 0.15) is 0 Å². The van der Waals surface area contributed by atoms with Gasteiger partial charge >= 0.3 is 0 Å². The summed E-state index contributed by atoms with van der Waals surface area (Å²) in [6.45, 7) is 18.3. The van der Waals surface area contributed by atoms with Crippen LogP contribution in [0.15, 0.2) is 0 Å². The van der Waals surface area contributed by atoms with Crippen molar-refractivity contribution in [3.8, 4) is 0 Å². The quantitative estimate of drug-likeness (QED) is 0.536. The van der Waals surface area contributed by atoms with Crippen LogP contribution in [0.1, 0.15) is 60.8 Å². The molecule has 0 aliphatic carbocycles. The molecule has 0 aromatic heterocycles. The maximum Gasteiger partial charge on any atom is 0.0829 e. The minimum atomic E-state index is 0.381. The Morgan fingerprint density at radius 1 is 1.04 bits per heavy atom. The second kappa shape index (κ2) is 18.2. The number of likely N-dealkylation sites (N-methyl/N-ethyl adjacent to an activating group) is 1. The molecule has 1 atom stereocenters. The molecule has 0 spiro atoms. The molecule has 0 aromatic carbocycles. The van der Waals surface area contributed by atoms with Crippen LogP contribution in [-0.2, 0) is 9.47 Å². The third-order valence-corrected chi connectivity index (χ3v) is 3.71. The topological polar surface area (TPSA) is 24.9 Å². The van der Waals surface area contributed by atoms with Gasteiger partial charge in [-0.15, -0.1) is 0 Å². The Hall–Kier alpha value is -0.160. The molecule has 1 rings (SSSR count). The first-order valence-electron chi connectivity index (χ1n) is 9.76. The van der Waals surface area contributed by atoms with Crippen LogP contribution in [-0.4, -0.2) is 75.5 Å². The zero-order chi connectivity index (χ0) is 18.1. The largest absolute Gasteiger partial charge is 0.376 e. The number of likely N-dealkylation sites (tertiary alicyclic amines) is 1. The summed E-state index contributed by atoms with van der Waals surface area (Å²) in [5.74, 6) is 0. The molecule has 1 aliphatic heterocycles. The fourth-order valence-electron chi connectivity index (χ4n) is 2.44. The molecule has 0 radical (unpaired) electrons. The van der Waals surface area contributed by atoms with Gasteiger partial charge in [0, 0.05) is 19.6 Å². The highest BCUT2D eigenvalue weighted by atomic mass is 16.5. The normalized spacial score (nSPS) is 16.0. The predicted molar refractivity (Wildman–Crippen MR) is 102 cm³/mol. The monoisotopic (exact) mass is 332 g/mol. The molecule has 1 unspecified atom stereocenters. The summed E-state index contributed by atoms with van der Waals surface area (Å²) < 4.78 is 11.6. The van der Waals surface area contributed by atoms with Crippen molar-refractivity contribution in [3.05, 3.63) is 0 Å². The minimum Gasteiger partial charge on any atom is -0.376 e. The van der Waals surface area contributed by atoms with Crippen molar-refractivity contribution in [2.24, 2.45) is 0 Å². The number of hydrogen-bond acceptors (Lipinski definition) is 4. The zero-order valence-electron chi connectivity index (χ0n) is 17.2. The average Bonchev–Trinajstić information content (AvgIpc) is 2.56. The van der Waals surface area contributed by atoms with E-state index in [0.717, 1.165) is 45.7 Å². The summed E-state index contributed by atoms with van der Waals surface area (Å²) in [7, 11) is 4.31. The Morgan fingerprint density at radius 2 is 1.65 bits per heavy atom. The van der Waals surface area contributed by atoms with Crippen LogP contribution in [0.5, 0.6) is 0 Å². The van der Waals surface area contributed by atoms with Crippen molar-refractivity contribution < 1.29 is 9.47 Å². The molecule has 0 N–H and O–H groups in total. The molecule has 142 valence electrons. The van der Waals surface area contributed by atoms with E-state index in [9.17, 15) is 0 Å². The van der Waals surface area contributed by atoms with Gasteiger partial charge in [0.2, 0.25) is 0 Å². The van der Waals surface area contributed by atoms with E-state index < -0.39 is 0 Å². The zero-order valence-corrected chi connectivity index (χ0v) is 17.2. The number of hydrogen-bond donors (Lipinski definition) is 0. The van der Waals surface area contributed by atoms with Crippen molar-refractivity contribution in [3.63, 3.8) is 0 Å². The van der Waals surface area contributed by atoms with E-state index in [4.69, 9.17) is 9.47 Å². The Morgan fingerprint density at radius 3 is 2.13 bits per heavy atom. The molecule has 1 saturated heterocycles. The first-order valence-corrected chi connectivity index (χ1v) is 9.76. The molecule has 0 saturated carbocycles. The van der Waals surface area contributed by atoms with E-state index in [1.165, 1.54) is 13.0 Å². The molecular formula is C19H44N2O2. The molecule has 0 bridgehead atoms. The van der Waals surface area contributed by atoms with Crippen LogP contribution in [0.4, 0.5) is 0 Å². The van der Waals surface area contributed by atoms with Crippen LogP contribution >= 0.6 is 0 Å². The minimum absolute atomic E-state index is 0.381. The summed E-state index contributed by atoms with van der Waals surface area (Å²) in [6.07, 6.45) is 4.25. The van der Waals surface area contributed by atoms with E-state index >= 15 is 0 Å². The fourth-order valence-corrected chi connectivity index (χ4v) is 2.44. The van der Waals surface area contributed by atoms with Gasteiger partial charge in [0.15, 0.2) is 0 Å². The van der Waals surface area contributed by atoms with E-state index in [-0.39, 0.29) is 0 Å².